The quantitative estimate of drug-likeness (QED) is 0.0675. The van der Waals surface area contributed by atoms with Crippen molar-refractivity contribution in [1.82, 2.24) is 9.62 Å². The highest BCUT2D eigenvalue weighted by molar-refractivity contribution is 7.99. The average molecular weight is 822 g/mol. The molecule has 2 fully saturated rings. The molecule has 0 bridgehead atoms. The second-order valence-electron chi connectivity index (χ2n) is 15.6. The minimum Gasteiger partial charge on any atom is -0.588 e. The van der Waals surface area contributed by atoms with Gasteiger partial charge in [-0.3, -0.25) is 9.69 Å². The molecule has 3 unspecified atom stereocenters. The highest BCUT2D eigenvalue weighted by Gasteiger charge is 2.38. The number of halogens is 1. The summed E-state index contributed by atoms with van der Waals surface area (Å²) in [7, 11) is 0. The number of piperidine rings is 1. The molecule has 10 heteroatoms. The number of carbonyl (C=O) groups excluding carboxylic acids is 1. The van der Waals surface area contributed by atoms with Gasteiger partial charge in [-0.2, -0.15) is 4.72 Å². The molecule has 0 spiro atoms. The van der Waals surface area contributed by atoms with Gasteiger partial charge in [-0.05, 0) is 147 Å². The van der Waals surface area contributed by atoms with Gasteiger partial charge in [0.15, 0.2) is 4.90 Å². The predicted octanol–water partition coefficient (Wildman–Crippen LogP) is 9.73. The lowest BCUT2D eigenvalue weighted by atomic mass is 9.87. The van der Waals surface area contributed by atoms with E-state index >= 15 is 0 Å². The maximum absolute atomic E-state index is 13.3. The maximum atomic E-state index is 13.3. The fourth-order valence-electron chi connectivity index (χ4n) is 8.46. The lowest BCUT2D eigenvalue weighted by molar-refractivity contribution is 0.0981. The molecule has 0 radical (unpaired) electrons. The Morgan fingerprint density at radius 1 is 0.912 bits per heavy atom. The smallest absolute Gasteiger partial charge is 0.292 e. The molecule has 5 aromatic carbocycles. The summed E-state index contributed by atoms with van der Waals surface area (Å²) < 4.78 is 16.0. The molecule has 2 aliphatic rings. The third-order valence-corrected chi connectivity index (χ3v) is 14.1. The molecular formula is C47H53ClN4O3S2. The van der Waals surface area contributed by atoms with Crippen LogP contribution in [-0.2, 0) is 17.8 Å². The number of benzene rings is 5. The zero-order valence-electron chi connectivity index (χ0n) is 32.6. The van der Waals surface area contributed by atoms with Gasteiger partial charge in [0.05, 0.1) is 6.61 Å². The molecule has 1 amide bonds. The molecule has 2 heterocycles. The fourth-order valence-corrected chi connectivity index (χ4v) is 10.3. The molecule has 7 nitrogen and oxygen atoms in total. The van der Waals surface area contributed by atoms with Crippen molar-refractivity contribution < 1.29 is 14.5 Å². The number of nitrogens with one attached hydrogen (secondary N) is 2. The van der Waals surface area contributed by atoms with Crippen molar-refractivity contribution in [2.24, 2.45) is 5.92 Å². The lowest BCUT2D eigenvalue weighted by Gasteiger charge is -2.38. The van der Waals surface area contributed by atoms with Crippen molar-refractivity contribution in [3.63, 3.8) is 0 Å². The van der Waals surface area contributed by atoms with Crippen LogP contribution in [-0.4, -0.2) is 70.6 Å². The fraction of sp³-hybridized carbons (Fsp3) is 0.340. The minimum absolute atomic E-state index is 0.00517. The molecule has 5 aromatic rings. The van der Waals surface area contributed by atoms with Crippen LogP contribution in [0.2, 0.25) is 5.02 Å². The Morgan fingerprint density at radius 3 is 2.33 bits per heavy atom. The van der Waals surface area contributed by atoms with Crippen LogP contribution >= 0.6 is 23.4 Å². The average Bonchev–Trinajstić information content (AvgIpc) is 3.60. The first kappa shape index (κ1) is 41.2. The number of β-amino-alcohol motifs (C(OH)–C–C–N with tert-alkyl or cyclic N) is 1. The number of likely N-dealkylation sites (tertiary alicyclic amines) is 1. The van der Waals surface area contributed by atoms with Crippen LogP contribution in [0.4, 0.5) is 11.4 Å². The van der Waals surface area contributed by atoms with E-state index in [4.69, 9.17) is 11.6 Å². The summed E-state index contributed by atoms with van der Waals surface area (Å²) in [6.07, 6.45) is 6.41. The first-order chi connectivity index (χ1) is 27.8. The predicted molar refractivity (Wildman–Crippen MR) is 238 cm³/mol. The molecule has 3 N–H and O–H groups in total. The van der Waals surface area contributed by atoms with Crippen molar-refractivity contribution in [2.45, 2.75) is 66.8 Å². The standard InChI is InChI=1S/C47H53ClN4O3S2/c1-47(26-7-27-52(47)30-31-53)33-41(34-56-43-9-3-2-4-10-43)49-40-18-22-44(23-19-40)57(55)50-46(54)37-14-20-42(21-15-37)51-28-24-35(25-29-51)32-38-8-5-6-11-45(38)36-12-16-39(48)17-13-36/h2-6,8-23,35,41,49,53H,7,24-34H2,1H3,(H,50,54). The number of carbonyl (C=O) groups is 1. The van der Waals surface area contributed by atoms with Gasteiger partial charge in [-0.15, -0.1) is 11.8 Å². The van der Waals surface area contributed by atoms with Crippen LogP contribution in [0.25, 0.3) is 11.1 Å². The van der Waals surface area contributed by atoms with Crippen LogP contribution in [0, 0.1) is 5.92 Å². The third kappa shape index (κ3) is 11.0. The van der Waals surface area contributed by atoms with E-state index in [0.717, 1.165) is 80.3 Å². The highest BCUT2D eigenvalue weighted by Crippen LogP contribution is 2.36. The van der Waals surface area contributed by atoms with Gasteiger partial charge in [-0.25, -0.2) is 0 Å². The molecule has 2 aliphatic heterocycles. The van der Waals surface area contributed by atoms with E-state index in [0.29, 0.717) is 22.9 Å². The minimum atomic E-state index is -1.70. The lowest BCUT2D eigenvalue weighted by Crippen LogP contribution is -2.46. The molecule has 0 aliphatic carbocycles. The Labute approximate surface area is 350 Å². The van der Waals surface area contributed by atoms with E-state index < -0.39 is 11.4 Å². The molecule has 7 rings (SSSR count). The van der Waals surface area contributed by atoms with E-state index in [9.17, 15) is 14.5 Å². The van der Waals surface area contributed by atoms with Crippen molar-refractivity contribution in [1.29, 1.82) is 0 Å². The van der Waals surface area contributed by atoms with E-state index in [2.05, 4.69) is 87.4 Å². The van der Waals surface area contributed by atoms with Crippen molar-refractivity contribution in [3.05, 3.63) is 144 Å². The van der Waals surface area contributed by atoms with E-state index in [1.165, 1.54) is 21.6 Å². The number of anilines is 2. The van der Waals surface area contributed by atoms with Gasteiger partial charge in [0.25, 0.3) is 5.91 Å². The molecule has 0 saturated carbocycles. The van der Waals surface area contributed by atoms with Crippen LogP contribution in [0.5, 0.6) is 0 Å². The summed E-state index contributed by atoms with van der Waals surface area (Å²) in [5, 5.41) is 14.2. The molecule has 2 saturated heterocycles. The van der Waals surface area contributed by atoms with Crippen molar-refractivity contribution >= 4 is 52.0 Å². The SMILES string of the molecule is CC1(CC(CSc2ccccc2)Nc2ccc([S+]([O-])NC(=O)c3ccc(N4CCC(Cc5ccccc5-c5ccc(Cl)cc5)CC4)cc3)cc2)CCCN1CCO. The number of aliphatic hydroxyl groups is 1. The number of hydrogen-bond donors (Lipinski definition) is 3. The van der Waals surface area contributed by atoms with Crippen LogP contribution in [0.1, 0.15) is 54.9 Å². The summed E-state index contributed by atoms with van der Waals surface area (Å²) in [6.45, 7) is 6.10. The number of rotatable bonds is 16. The summed E-state index contributed by atoms with van der Waals surface area (Å²) in [6, 6.07) is 42.5. The number of nitrogens with zero attached hydrogens (tertiary/aromatic N) is 2. The Balaban J connectivity index is 0.908. The number of thioether (sulfide) groups is 1. The largest absolute Gasteiger partial charge is 0.588 e. The van der Waals surface area contributed by atoms with Gasteiger partial charge in [0.1, 0.15) is 11.4 Å². The maximum Gasteiger partial charge on any atom is 0.292 e. The van der Waals surface area contributed by atoms with Gasteiger partial charge in [0.2, 0.25) is 0 Å². The monoisotopic (exact) mass is 820 g/mol. The number of hydrogen-bond acceptors (Lipinski definition) is 7. The summed E-state index contributed by atoms with van der Waals surface area (Å²) in [5.41, 5.74) is 6.37. The molecule has 0 aromatic heterocycles. The molecule has 298 valence electrons. The molecule has 3 atom stereocenters. The van der Waals surface area contributed by atoms with Crippen molar-refractivity contribution in [2.75, 3.05) is 48.8 Å². The Kier molecular flexibility index (Phi) is 14.2. The highest BCUT2D eigenvalue weighted by atomic mass is 35.5. The molecular weight excluding hydrogens is 768 g/mol. The summed E-state index contributed by atoms with van der Waals surface area (Å²) >= 11 is 6.27. The number of aliphatic hydroxyl groups excluding tert-OH is 1. The summed E-state index contributed by atoms with van der Waals surface area (Å²) in [5.74, 6) is 1.12. The topological polar surface area (TPSA) is 90.9 Å². The van der Waals surface area contributed by atoms with Gasteiger partial charge in [-0.1, -0.05) is 66.2 Å². The van der Waals surface area contributed by atoms with E-state index in [1.54, 1.807) is 0 Å². The van der Waals surface area contributed by atoms with Gasteiger partial charge in [0, 0.05) is 63.8 Å². The van der Waals surface area contributed by atoms with Gasteiger partial charge < -0.3 is 19.9 Å². The molecule has 57 heavy (non-hydrogen) atoms. The first-order valence-corrected chi connectivity index (χ1v) is 22.6. The third-order valence-electron chi connectivity index (χ3n) is 11.6. The van der Waals surface area contributed by atoms with Crippen LogP contribution in [0.3, 0.4) is 0 Å². The van der Waals surface area contributed by atoms with Crippen LogP contribution < -0.4 is 14.9 Å². The van der Waals surface area contributed by atoms with E-state index in [-0.39, 0.29) is 24.1 Å². The first-order valence-electron chi connectivity index (χ1n) is 20.1. The zero-order chi connectivity index (χ0) is 39.6. The normalized spacial score (nSPS) is 18.6. The summed E-state index contributed by atoms with van der Waals surface area (Å²) in [4.78, 5) is 19.8. The van der Waals surface area contributed by atoms with Gasteiger partial charge >= 0.3 is 0 Å². The zero-order valence-corrected chi connectivity index (χ0v) is 35.0. The second-order valence-corrected chi connectivity index (χ2v) is 18.3. The van der Waals surface area contributed by atoms with Crippen molar-refractivity contribution in [3.8, 4) is 11.1 Å². The van der Waals surface area contributed by atoms with Crippen LogP contribution in [0.15, 0.2) is 137 Å². The Bertz CT molecular complexity index is 2030. The second kappa shape index (κ2) is 19.7. The number of amides is 1. The Hall–Kier alpha value is -3.96. The van der Waals surface area contributed by atoms with E-state index in [1.807, 2.05) is 78.5 Å². The Morgan fingerprint density at radius 2 is 1.61 bits per heavy atom.